The van der Waals surface area contributed by atoms with Crippen LogP contribution in [-0.2, 0) is 14.8 Å². The Kier molecular flexibility index (Phi) is 6.39. The highest BCUT2D eigenvalue weighted by molar-refractivity contribution is 7.89. The van der Waals surface area contributed by atoms with Crippen LogP contribution >= 0.6 is 11.6 Å². The minimum atomic E-state index is -3.71. The van der Waals surface area contributed by atoms with Gasteiger partial charge in [-0.2, -0.15) is 4.31 Å². The summed E-state index contributed by atoms with van der Waals surface area (Å²) in [6.45, 7) is 2.70. The lowest BCUT2D eigenvalue weighted by Crippen LogP contribution is -2.33. The molecule has 1 aromatic carbocycles. The maximum atomic E-state index is 12.7. The summed E-state index contributed by atoms with van der Waals surface area (Å²) in [6, 6.07) is 4.23. The molecule has 2 aliphatic rings. The van der Waals surface area contributed by atoms with Crippen molar-refractivity contribution in [2.45, 2.75) is 37.0 Å². The molecule has 148 valence electrons. The van der Waals surface area contributed by atoms with Gasteiger partial charge in [0.2, 0.25) is 15.9 Å². The van der Waals surface area contributed by atoms with Crippen molar-refractivity contribution in [1.29, 1.82) is 0 Å². The van der Waals surface area contributed by atoms with Crippen LogP contribution in [0.2, 0.25) is 5.02 Å². The summed E-state index contributed by atoms with van der Waals surface area (Å²) in [7, 11) is -3.71. The van der Waals surface area contributed by atoms with Gasteiger partial charge in [0.15, 0.2) is 0 Å². The minimum Gasteiger partial charge on any atom is -0.352 e. The molecule has 0 radical (unpaired) electrons. The molecule has 2 fully saturated rings. The third-order valence-electron chi connectivity index (χ3n) is 4.96. The van der Waals surface area contributed by atoms with Crippen LogP contribution in [-0.4, -0.2) is 62.2 Å². The zero-order valence-corrected chi connectivity index (χ0v) is 16.7. The molecule has 0 bridgehead atoms. The summed E-state index contributed by atoms with van der Waals surface area (Å²) < 4.78 is 26.9. The number of carbonyl (C=O) groups excluding carboxylic acids is 2. The third-order valence-corrected chi connectivity index (χ3v) is 7.34. The maximum Gasteiger partial charge on any atom is 0.251 e. The number of sulfonamides is 1. The van der Waals surface area contributed by atoms with Crippen molar-refractivity contribution in [3.63, 3.8) is 0 Å². The highest BCUT2D eigenvalue weighted by Gasteiger charge is 2.29. The molecule has 0 atom stereocenters. The molecule has 7 nitrogen and oxygen atoms in total. The summed E-state index contributed by atoms with van der Waals surface area (Å²) in [6.07, 6.45) is 3.93. The summed E-state index contributed by atoms with van der Waals surface area (Å²) >= 11 is 6.09. The Bertz CT molecular complexity index is 816. The standard InChI is InChI=1S/C18H24ClN3O4S/c19-15-6-5-14(13-16(15)27(25,26)22-11-3-4-12-22)18(24)20-8-7-17(23)21-9-1-2-10-21/h5-6,13H,1-4,7-12H2,(H,20,24). The molecule has 0 unspecified atom stereocenters. The van der Waals surface area contributed by atoms with E-state index in [0.29, 0.717) is 13.1 Å². The van der Waals surface area contributed by atoms with Crippen LogP contribution in [0.5, 0.6) is 0 Å². The van der Waals surface area contributed by atoms with E-state index in [9.17, 15) is 18.0 Å². The maximum absolute atomic E-state index is 12.7. The number of carbonyl (C=O) groups is 2. The summed E-state index contributed by atoms with van der Waals surface area (Å²) in [4.78, 5) is 26.1. The Morgan fingerprint density at radius 2 is 1.67 bits per heavy atom. The average molecular weight is 414 g/mol. The number of halogens is 1. The van der Waals surface area contributed by atoms with Gasteiger partial charge in [0, 0.05) is 44.7 Å². The first-order valence-electron chi connectivity index (χ1n) is 9.25. The Morgan fingerprint density at radius 3 is 2.33 bits per heavy atom. The van der Waals surface area contributed by atoms with Crippen molar-refractivity contribution in [2.75, 3.05) is 32.7 Å². The molecule has 0 aliphatic carbocycles. The van der Waals surface area contributed by atoms with Gasteiger partial charge in [-0.25, -0.2) is 8.42 Å². The first-order valence-corrected chi connectivity index (χ1v) is 11.1. The van der Waals surface area contributed by atoms with Gasteiger partial charge in [-0.3, -0.25) is 9.59 Å². The lowest BCUT2D eigenvalue weighted by atomic mass is 10.2. The molecule has 2 amide bonds. The fraction of sp³-hybridized carbons (Fsp3) is 0.556. The first-order chi connectivity index (χ1) is 12.9. The number of nitrogens with one attached hydrogen (secondary N) is 1. The molecule has 2 aliphatic heterocycles. The van der Waals surface area contributed by atoms with Crippen LogP contribution in [0.25, 0.3) is 0 Å². The van der Waals surface area contributed by atoms with E-state index in [4.69, 9.17) is 11.6 Å². The lowest BCUT2D eigenvalue weighted by molar-refractivity contribution is -0.129. The van der Waals surface area contributed by atoms with E-state index in [0.717, 1.165) is 38.8 Å². The van der Waals surface area contributed by atoms with E-state index < -0.39 is 15.9 Å². The molecule has 0 spiro atoms. The molecule has 2 saturated heterocycles. The predicted octanol–water partition coefficient (Wildman–Crippen LogP) is 1.87. The number of amides is 2. The average Bonchev–Trinajstić information content (AvgIpc) is 3.35. The SMILES string of the molecule is O=C(NCCC(=O)N1CCCC1)c1ccc(Cl)c(S(=O)(=O)N2CCCC2)c1. The van der Waals surface area contributed by atoms with E-state index in [-0.39, 0.29) is 34.4 Å². The third kappa shape index (κ3) is 4.62. The monoisotopic (exact) mass is 413 g/mol. The van der Waals surface area contributed by atoms with Gasteiger partial charge >= 0.3 is 0 Å². The van der Waals surface area contributed by atoms with Gasteiger partial charge < -0.3 is 10.2 Å². The molecule has 2 heterocycles. The van der Waals surface area contributed by atoms with Crippen molar-refractivity contribution in [3.8, 4) is 0 Å². The number of benzene rings is 1. The summed E-state index contributed by atoms with van der Waals surface area (Å²) in [5.74, 6) is -0.389. The van der Waals surface area contributed by atoms with Gasteiger partial charge in [-0.1, -0.05) is 11.6 Å². The van der Waals surface area contributed by atoms with E-state index in [1.54, 1.807) is 4.90 Å². The minimum absolute atomic E-state index is 0.0289. The van der Waals surface area contributed by atoms with Crippen molar-refractivity contribution in [3.05, 3.63) is 28.8 Å². The van der Waals surface area contributed by atoms with Gasteiger partial charge in [-0.15, -0.1) is 0 Å². The number of hydrogen-bond donors (Lipinski definition) is 1. The number of rotatable bonds is 6. The highest BCUT2D eigenvalue weighted by Crippen LogP contribution is 2.28. The molecule has 0 saturated carbocycles. The largest absolute Gasteiger partial charge is 0.352 e. The Morgan fingerprint density at radius 1 is 1.04 bits per heavy atom. The van der Waals surface area contributed by atoms with Crippen LogP contribution in [0.1, 0.15) is 42.5 Å². The van der Waals surface area contributed by atoms with E-state index >= 15 is 0 Å². The van der Waals surface area contributed by atoms with Crippen molar-refractivity contribution in [2.24, 2.45) is 0 Å². The lowest BCUT2D eigenvalue weighted by Gasteiger charge is -2.17. The highest BCUT2D eigenvalue weighted by atomic mass is 35.5. The number of likely N-dealkylation sites (tertiary alicyclic amines) is 1. The summed E-state index contributed by atoms with van der Waals surface area (Å²) in [5, 5.41) is 2.78. The smallest absolute Gasteiger partial charge is 0.251 e. The van der Waals surface area contributed by atoms with Crippen LogP contribution in [0, 0.1) is 0 Å². The van der Waals surface area contributed by atoms with E-state index in [1.165, 1.54) is 22.5 Å². The van der Waals surface area contributed by atoms with Gasteiger partial charge in [-0.05, 0) is 43.9 Å². The Hall–Kier alpha value is -1.64. The molecular weight excluding hydrogens is 390 g/mol. The molecule has 27 heavy (non-hydrogen) atoms. The zero-order chi connectivity index (χ0) is 19.4. The van der Waals surface area contributed by atoms with E-state index in [2.05, 4.69) is 5.32 Å². The Labute approximate surface area is 164 Å². The topological polar surface area (TPSA) is 86.8 Å². The second-order valence-corrected chi connectivity index (χ2v) is 9.16. The second kappa shape index (κ2) is 8.58. The van der Waals surface area contributed by atoms with Crippen molar-refractivity contribution < 1.29 is 18.0 Å². The molecular formula is C18H24ClN3O4S. The molecule has 1 aromatic rings. The number of hydrogen-bond acceptors (Lipinski definition) is 4. The quantitative estimate of drug-likeness (QED) is 0.771. The molecule has 0 aromatic heterocycles. The van der Waals surface area contributed by atoms with Crippen LogP contribution in [0.15, 0.2) is 23.1 Å². The van der Waals surface area contributed by atoms with Gasteiger partial charge in [0.05, 0.1) is 5.02 Å². The van der Waals surface area contributed by atoms with Crippen LogP contribution < -0.4 is 5.32 Å². The zero-order valence-electron chi connectivity index (χ0n) is 15.1. The summed E-state index contributed by atoms with van der Waals surface area (Å²) in [5.41, 5.74) is 0.214. The van der Waals surface area contributed by atoms with Gasteiger partial charge in [0.1, 0.15) is 4.90 Å². The van der Waals surface area contributed by atoms with Crippen LogP contribution in [0.3, 0.4) is 0 Å². The fourth-order valence-corrected chi connectivity index (χ4v) is 5.44. The normalized spacial score (nSPS) is 18.0. The molecule has 9 heteroatoms. The van der Waals surface area contributed by atoms with Crippen LogP contribution in [0.4, 0.5) is 0 Å². The van der Waals surface area contributed by atoms with Crippen molar-refractivity contribution in [1.82, 2.24) is 14.5 Å². The van der Waals surface area contributed by atoms with Crippen molar-refractivity contribution >= 4 is 33.4 Å². The second-order valence-electron chi connectivity index (χ2n) is 6.85. The molecule has 3 rings (SSSR count). The molecule has 1 N–H and O–H groups in total. The van der Waals surface area contributed by atoms with E-state index in [1.807, 2.05) is 0 Å². The predicted molar refractivity (Wildman–Crippen MR) is 102 cm³/mol. The first kappa shape index (κ1) is 20.1. The number of nitrogens with zero attached hydrogens (tertiary/aromatic N) is 2. The Balaban J connectivity index is 1.64. The fourth-order valence-electron chi connectivity index (χ4n) is 3.42. The van der Waals surface area contributed by atoms with Gasteiger partial charge in [0.25, 0.3) is 5.91 Å².